The summed E-state index contributed by atoms with van der Waals surface area (Å²) in [5.41, 5.74) is 6.78. The van der Waals surface area contributed by atoms with Crippen molar-refractivity contribution in [2.24, 2.45) is 0 Å². The third-order valence-electron chi connectivity index (χ3n) is 6.44. The van der Waals surface area contributed by atoms with Crippen LogP contribution in [0.5, 0.6) is 0 Å². The van der Waals surface area contributed by atoms with E-state index < -0.39 is 0 Å². The number of para-hydroxylation sites is 1. The number of rotatable bonds is 6. The first-order chi connectivity index (χ1) is 20.4. The fourth-order valence-electron chi connectivity index (χ4n) is 4.64. The highest BCUT2D eigenvalue weighted by Crippen LogP contribution is 2.43. The number of carbonyl (C=O) groups excluding carboxylic acids is 1. The second kappa shape index (κ2) is 14.8. The lowest BCUT2D eigenvalue weighted by Crippen LogP contribution is -2.30. The molecule has 0 saturated carbocycles. The Morgan fingerprint density at radius 2 is 1.43 bits per heavy atom. The summed E-state index contributed by atoms with van der Waals surface area (Å²) in [5, 5.41) is 18.1. The van der Waals surface area contributed by atoms with E-state index >= 15 is 0 Å². The van der Waals surface area contributed by atoms with Crippen molar-refractivity contribution in [3.8, 4) is 6.07 Å². The van der Waals surface area contributed by atoms with Crippen molar-refractivity contribution in [1.82, 2.24) is 5.32 Å². The van der Waals surface area contributed by atoms with Crippen LogP contribution in [0.25, 0.3) is 11.4 Å². The highest BCUT2D eigenvalue weighted by atomic mass is 35.5. The summed E-state index contributed by atoms with van der Waals surface area (Å²) < 4.78 is 4.40. The van der Waals surface area contributed by atoms with E-state index in [9.17, 15) is 10.1 Å². The molecule has 0 radical (unpaired) electrons. The third-order valence-corrected chi connectivity index (χ3v) is 7.01. The Morgan fingerprint density at radius 1 is 0.881 bits per heavy atom. The number of allylic oxidation sites excluding steroid dienone is 1. The highest BCUT2D eigenvalue weighted by Gasteiger charge is 2.35. The summed E-state index contributed by atoms with van der Waals surface area (Å²) in [6, 6.07) is 39.9. The quantitative estimate of drug-likeness (QED) is 0.173. The zero-order chi connectivity index (χ0) is 29.9. The molecule has 5 nitrogen and oxygen atoms in total. The molecule has 1 atom stereocenters. The lowest BCUT2D eigenvalue weighted by atomic mass is 9.78. The van der Waals surface area contributed by atoms with Gasteiger partial charge in [-0.25, -0.2) is 0 Å². The van der Waals surface area contributed by atoms with Gasteiger partial charge in [-0.15, -0.1) is 0 Å². The second-order valence-corrected chi connectivity index (χ2v) is 10.1. The number of carbonyl (C=O) groups is 1. The molecule has 1 aliphatic heterocycles. The van der Waals surface area contributed by atoms with Crippen LogP contribution in [0.15, 0.2) is 126 Å². The van der Waals surface area contributed by atoms with Crippen molar-refractivity contribution in [3.63, 3.8) is 0 Å². The van der Waals surface area contributed by atoms with Crippen LogP contribution < -0.4 is 10.6 Å². The van der Waals surface area contributed by atoms with Gasteiger partial charge in [-0.3, -0.25) is 4.79 Å². The first-order valence-electron chi connectivity index (χ1n) is 13.4. The summed E-state index contributed by atoms with van der Waals surface area (Å²) in [6.07, 6.45) is 0. The number of hydrogen-bond acceptors (Lipinski definition) is 5. The van der Waals surface area contributed by atoms with E-state index in [2.05, 4.69) is 21.4 Å². The van der Waals surface area contributed by atoms with Gasteiger partial charge in [0.15, 0.2) is 0 Å². The Hall–Kier alpha value is -4.70. The predicted molar refractivity (Wildman–Crippen MR) is 175 cm³/mol. The van der Waals surface area contributed by atoms with Gasteiger partial charge in [0, 0.05) is 23.2 Å². The van der Waals surface area contributed by atoms with Gasteiger partial charge in [-0.05, 0) is 47.9 Å². The largest absolute Gasteiger partial charge is 0.466 e. The standard InChI is InChI=1S/C31H22ClN3S.C4H8O2/c32-24-18-16-23(17-19-24)30-28(31(36)34-25-14-8-3-9-15-25)27(21-10-4-1-5-11-21)26(20-33)29(35-30)22-12-6-2-7-13-22;1-3-6-4(2)5/h1-19,27,35H,(H,34,36);3H2,1-2H3/t27-;/m1./s1. The molecule has 1 aliphatic rings. The first-order valence-corrected chi connectivity index (χ1v) is 14.2. The summed E-state index contributed by atoms with van der Waals surface area (Å²) in [4.78, 5) is 10.4. The van der Waals surface area contributed by atoms with Gasteiger partial charge in [0.1, 0.15) is 4.99 Å². The molecule has 2 N–H and O–H groups in total. The molecule has 5 rings (SSSR count). The minimum absolute atomic E-state index is 0.211. The van der Waals surface area contributed by atoms with Gasteiger partial charge in [-0.2, -0.15) is 5.26 Å². The van der Waals surface area contributed by atoms with Crippen molar-refractivity contribution in [1.29, 1.82) is 5.26 Å². The van der Waals surface area contributed by atoms with Crippen LogP contribution >= 0.6 is 23.8 Å². The van der Waals surface area contributed by atoms with Gasteiger partial charge in [0.05, 0.1) is 35.6 Å². The molecule has 7 heteroatoms. The topological polar surface area (TPSA) is 74.2 Å². The number of anilines is 1. The number of nitrogens with one attached hydrogen (secondary N) is 2. The Kier molecular flexibility index (Phi) is 10.7. The summed E-state index contributed by atoms with van der Waals surface area (Å²) in [6.45, 7) is 3.65. The summed E-state index contributed by atoms with van der Waals surface area (Å²) in [7, 11) is 0. The van der Waals surface area contributed by atoms with E-state index in [-0.39, 0.29) is 11.9 Å². The van der Waals surface area contributed by atoms with Crippen LogP contribution in [0.2, 0.25) is 5.02 Å². The van der Waals surface area contributed by atoms with Crippen LogP contribution in [0.4, 0.5) is 5.69 Å². The molecular formula is C35H30ClN3O2S. The molecule has 0 amide bonds. The van der Waals surface area contributed by atoms with Crippen LogP contribution in [0.3, 0.4) is 0 Å². The number of ether oxygens (including phenoxy) is 1. The Bertz CT molecular complexity index is 1630. The average Bonchev–Trinajstić information content (AvgIpc) is 3.02. The maximum absolute atomic E-state index is 10.5. The van der Waals surface area contributed by atoms with E-state index in [0.29, 0.717) is 22.2 Å². The molecule has 0 spiro atoms. The minimum Gasteiger partial charge on any atom is -0.466 e. The maximum Gasteiger partial charge on any atom is 0.302 e. The van der Waals surface area contributed by atoms with Gasteiger partial charge in [-0.1, -0.05) is 115 Å². The van der Waals surface area contributed by atoms with Crippen LogP contribution in [0.1, 0.15) is 36.5 Å². The third kappa shape index (κ3) is 7.52. The van der Waals surface area contributed by atoms with Crippen molar-refractivity contribution >= 4 is 51.9 Å². The maximum atomic E-state index is 10.5. The van der Waals surface area contributed by atoms with Crippen LogP contribution in [-0.4, -0.2) is 17.6 Å². The fraction of sp³-hybridized carbons (Fsp3) is 0.114. The number of halogens is 1. The molecule has 0 aromatic heterocycles. The smallest absolute Gasteiger partial charge is 0.302 e. The van der Waals surface area contributed by atoms with Gasteiger partial charge in [0.2, 0.25) is 0 Å². The monoisotopic (exact) mass is 591 g/mol. The van der Waals surface area contributed by atoms with E-state index in [0.717, 1.165) is 39.3 Å². The Labute approximate surface area is 257 Å². The number of esters is 1. The Balaban J connectivity index is 0.000000612. The lowest BCUT2D eigenvalue weighted by Gasteiger charge is -2.33. The molecule has 4 aromatic carbocycles. The first kappa shape index (κ1) is 30.3. The van der Waals surface area contributed by atoms with Crippen LogP contribution in [0, 0.1) is 11.3 Å². The number of thiocarbonyl (C=S) groups is 1. The molecular weight excluding hydrogens is 562 g/mol. The average molecular weight is 592 g/mol. The van der Waals surface area contributed by atoms with E-state index in [1.54, 1.807) is 6.92 Å². The number of dihydropyridines is 1. The fourth-order valence-corrected chi connectivity index (χ4v) is 5.10. The number of benzene rings is 4. The molecule has 0 unspecified atom stereocenters. The van der Waals surface area contributed by atoms with Crippen molar-refractivity contribution in [2.75, 3.05) is 11.9 Å². The highest BCUT2D eigenvalue weighted by molar-refractivity contribution is 7.81. The van der Waals surface area contributed by atoms with Crippen molar-refractivity contribution < 1.29 is 9.53 Å². The van der Waals surface area contributed by atoms with Gasteiger partial charge in [0.25, 0.3) is 0 Å². The van der Waals surface area contributed by atoms with E-state index in [4.69, 9.17) is 23.8 Å². The van der Waals surface area contributed by atoms with Crippen molar-refractivity contribution in [2.45, 2.75) is 19.8 Å². The number of nitrogens with zero attached hydrogens (tertiary/aromatic N) is 1. The molecule has 0 fully saturated rings. The zero-order valence-corrected chi connectivity index (χ0v) is 24.9. The molecule has 0 saturated heterocycles. The van der Waals surface area contributed by atoms with Crippen LogP contribution in [-0.2, 0) is 9.53 Å². The number of hydrogen-bond donors (Lipinski definition) is 2. The molecule has 0 bridgehead atoms. The lowest BCUT2D eigenvalue weighted by molar-refractivity contribution is -0.140. The molecule has 210 valence electrons. The van der Waals surface area contributed by atoms with Crippen molar-refractivity contribution in [3.05, 3.63) is 148 Å². The normalized spacial score (nSPS) is 14.1. The SMILES string of the molecule is CCOC(C)=O.N#CC1=C(c2ccccc2)NC(c2ccc(Cl)cc2)=C(C(=S)Nc2ccccc2)[C@@H]1c1ccccc1. The predicted octanol–water partition coefficient (Wildman–Crippen LogP) is 8.38. The molecule has 0 aliphatic carbocycles. The van der Waals surface area contributed by atoms with E-state index in [1.807, 2.05) is 115 Å². The van der Waals surface area contributed by atoms with Gasteiger partial charge < -0.3 is 15.4 Å². The zero-order valence-electron chi connectivity index (χ0n) is 23.3. The summed E-state index contributed by atoms with van der Waals surface area (Å²) in [5.74, 6) is -0.584. The Morgan fingerprint density at radius 3 is 1.95 bits per heavy atom. The summed E-state index contributed by atoms with van der Waals surface area (Å²) >= 11 is 12.2. The second-order valence-electron chi connectivity index (χ2n) is 9.28. The minimum atomic E-state index is -0.373. The molecule has 42 heavy (non-hydrogen) atoms. The van der Waals surface area contributed by atoms with Gasteiger partial charge >= 0.3 is 5.97 Å². The van der Waals surface area contributed by atoms with E-state index in [1.165, 1.54) is 6.92 Å². The number of nitriles is 1. The molecule has 4 aromatic rings. The molecule has 1 heterocycles.